The lowest BCUT2D eigenvalue weighted by atomic mass is 9.70. The van der Waals surface area contributed by atoms with E-state index in [0.29, 0.717) is 38.9 Å². The van der Waals surface area contributed by atoms with Crippen LogP contribution in [0.1, 0.15) is 39.5 Å². The van der Waals surface area contributed by atoms with E-state index in [1.807, 2.05) is 54.6 Å². The number of hydrogen-bond donors (Lipinski definition) is 1. The summed E-state index contributed by atoms with van der Waals surface area (Å²) >= 11 is 5.55. The molecular formula is C37H47BrN4O4S. The average molecular weight is 724 g/mol. The van der Waals surface area contributed by atoms with Crippen LogP contribution in [0.15, 0.2) is 79.9 Å². The molecule has 3 amide bonds. The van der Waals surface area contributed by atoms with Gasteiger partial charge < -0.3 is 24.7 Å². The summed E-state index contributed by atoms with van der Waals surface area (Å²) in [5, 5.41) is 9.26. The van der Waals surface area contributed by atoms with E-state index in [-0.39, 0.29) is 34.4 Å². The number of anilines is 3. The summed E-state index contributed by atoms with van der Waals surface area (Å²) < 4.78 is -0.762. The molecule has 0 radical (unpaired) electrons. The maximum atomic E-state index is 15.0. The lowest BCUT2D eigenvalue weighted by Gasteiger charge is -2.38. The minimum Gasteiger partial charge on any atom is -0.396 e. The predicted octanol–water partition coefficient (Wildman–Crippen LogP) is 5.90. The number of para-hydroxylation sites is 1. The molecule has 3 saturated heterocycles. The second-order valence-electron chi connectivity index (χ2n) is 12.5. The predicted molar refractivity (Wildman–Crippen MR) is 196 cm³/mol. The molecule has 0 aliphatic carbocycles. The number of amides is 3. The Labute approximate surface area is 292 Å². The van der Waals surface area contributed by atoms with Gasteiger partial charge in [-0.3, -0.25) is 14.4 Å². The number of carbonyl (C=O) groups excluding carboxylic acids is 3. The van der Waals surface area contributed by atoms with Crippen LogP contribution in [-0.4, -0.2) is 87.9 Å². The van der Waals surface area contributed by atoms with Crippen molar-refractivity contribution < 1.29 is 19.5 Å². The summed E-state index contributed by atoms with van der Waals surface area (Å²) in [6.45, 7) is 14.9. The zero-order valence-electron chi connectivity index (χ0n) is 27.5. The van der Waals surface area contributed by atoms with Gasteiger partial charge in [-0.1, -0.05) is 46.3 Å². The highest BCUT2D eigenvalue weighted by Gasteiger charge is 2.76. The molecular weight excluding hydrogens is 676 g/mol. The number of nitrogens with zero attached hydrogens (tertiary/aromatic N) is 4. The first-order valence-corrected chi connectivity index (χ1v) is 18.5. The number of likely N-dealkylation sites (tertiary alicyclic amines) is 1. The average Bonchev–Trinajstić information content (AvgIpc) is 3.68. The van der Waals surface area contributed by atoms with Crippen LogP contribution in [0.2, 0.25) is 0 Å². The molecule has 6 atom stereocenters. The number of fused-ring (bicyclic) bond motifs is 1. The van der Waals surface area contributed by atoms with E-state index < -0.39 is 22.6 Å². The zero-order chi connectivity index (χ0) is 33.7. The molecule has 252 valence electrons. The van der Waals surface area contributed by atoms with Crippen molar-refractivity contribution in [2.75, 3.05) is 54.0 Å². The first-order valence-electron chi connectivity index (χ1n) is 16.8. The van der Waals surface area contributed by atoms with Crippen LogP contribution in [0.5, 0.6) is 0 Å². The van der Waals surface area contributed by atoms with E-state index in [0.717, 1.165) is 36.6 Å². The molecule has 2 aromatic rings. The number of carbonyl (C=O) groups is 3. The number of halogens is 1. The van der Waals surface area contributed by atoms with Crippen LogP contribution in [0, 0.1) is 11.8 Å². The van der Waals surface area contributed by atoms with Crippen LogP contribution < -0.4 is 14.7 Å². The maximum absolute atomic E-state index is 15.0. The number of thioether (sulfide) groups is 1. The molecule has 3 fully saturated rings. The third-order valence-electron chi connectivity index (χ3n) is 9.88. The van der Waals surface area contributed by atoms with Gasteiger partial charge in [0.1, 0.15) is 6.04 Å². The highest BCUT2D eigenvalue weighted by atomic mass is 79.9. The fourth-order valence-corrected chi connectivity index (χ4v) is 11.4. The lowest BCUT2D eigenvalue weighted by molar-refractivity contribution is -0.139. The van der Waals surface area contributed by atoms with Gasteiger partial charge in [0.05, 0.1) is 16.6 Å². The summed E-state index contributed by atoms with van der Waals surface area (Å²) in [4.78, 5) is 51.6. The normalized spacial score (nSPS) is 25.8. The highest BCUT2D eigenvalue weighted by molar-refractivity contribution is 9.09. The number of aliphatic hydroxyl groups is 1. The van der Waals surface area contributed by atoms with Gasteiger partial charge in [-0.15, -0.1) is 24.9 Å². The SMILES string of the molecule is C=CCN(C(=O)C1N(CCCCCO)C(=O)[C@@H]2[C@@H](C(=O)N(CC=C)c3ccccc3)[C@@H]3SC12CC3Br)c1ccc(N(CC)CC)cc1. The molecule has 2 aromatic carbocycles. The van der Waals surface area contributed by atoms with Crippen LogP contribution in [0.25, 0.3) is 0 Å². The van der Waals surface area contributed by atoms with E-state index in [2.05, 4.69) is 47.8 Å². The van der Waals surface area contributed by atoms with Crippen LogP contribution in [-0.2, 0) is 14.4 Å². The summed E-state index contributed by atoms with van der Waals surface area (Å²) in [6.07, 6.45) is 6.08. The van der Waals surface area contributed by atoms with Crippen LogP contribution in [0.4, 0.5) is 17.1 Å². The van der Waals surface area contributed by atoms with Crippen molar-refractivity contribution in [2.24, 2.45) is 11.8 Å². The molecule has 8 nitrogen and oxygen atoms in total. The summed E-state index contributed by atoms with van der Waals surface area (Å²) in [6, 6.07) is 16.8. The Morgan fingerprint density at radius 1 is 0.936 bits per heavy atom. The number of rotatable bonds is 16. The molecule has 3 aliphatic rings. The molecule has 0 aromatic heterocycles. The van der Waals surface area contributed by atoms with Gasteiger partial charge in [0.2, 0.25) is 11.8 Å². The van der Waals surface area contributed by atoms with E-state index in [9.17, 15) is 19.5 Å². The Hall–Kier alpha value is -3.08. The van der Waals surface area contributed by atoms with E-state index in [1.165, 1.54) is 0 Å². The van der Waals surface area contributed by atoms with Gasteiger partial charge in [0.15, 0.2) is 0 Å². The van der Waals surface area contributed by atoms with Gasteiger partial charge >= 0.3 is 0 Å². The van der Waals surface area contributed by atoms with Gasteiger partial charge in [0.25, 0.3) is 5.91 Å². The molecule has 3 heterocycles. The summed E-state index contributed by atoms with van der Waals surface area (Å²) in [5.41, 5.74) is 2.59. The molecule has 1 spiro atoms. The van der Waals surface area contributed by atoms with E-state index in [1.54, 1.807) is 38.6 Å². The molecule has 10 heteroatoms. The maximum Gasteiger partial charge on any atom is 0.251 e. The number of hydrogen-bond acceptors (Lipinski definition) is 6. The van der Waals surface area contributed by atoms with E-state index >= 15 is 0 Å². The lowest BCUT2D eigenvalue weighted by Crippen LogP contribution is -2.56. The van der Waals surface area contributed by atoms with Crippen molar-refractivity contribution in [3.8, 4) is 0 Å². The first-order chi connectivity index (χ1) is 22.8. The molecule has 0 saturated carbocycles. The monoisotopic (exact) mass is 722 g/mol. The Kier molecular flexibility index (Phi) is 11.6. The number of unbranched alkanes of at least 4 members (excludes halogenated alkanes) is 2. The Balaban J connectivity index is 1.54. The minimum atomic E-state index is -0.762. The van der Waals surface area contributed by atoms with Gasteiger partial charge in [-0.05, 0) is 75.9 Å². The largest absolute Gasteiger partial charge is 0.396 e. The van der Waals surface area contributed by atoms with Crippen molar-refractivity contribution in [3.05, 3.63) is 79.9 Å². The quantitative estimate of drug-likeness (QED) is 0.132. The van der Waals surface area contributed by atoms with Gasteiger partial charge in [-0.2, -0.15) is 0 Å². The summed E-state index contributed by atoms with van der Waals surface area (Å²) in [5.74, 6) is -1.60. The van der Waals surface area contributed by atoms with Crippen molar-refractivity contribution in [2.45, 2.75) is 60.4 Å². The Morgan fingerprint density at radius 2 is 1.53 bits per heavy atom. The number of alkyl halides is 1. The molecule has 47 heavy (non-hydrogen) atoms. The second-order valence-corrected chi connectivity index (χ2v) is 15.2. The van der Waals surface area contributed by atoms with E-state index in [4.69, 9.17) is 0 Å². The molecule has 1 N–H and O–H groups in total. The molecule has 2 bridgehead atoms. The smallest absolute Gasteiger partial charge is 0.251 e. The van der Waals surface area contributed by atoms with Gasteiger partial charge in [-0.25, -0.2) is 0 Å². The van der Waals surface area contributed by atoms with Crippen molar-refractivity contribution >= 4 is 62.5 Å². The standard InChI is InChI=1S/C37H47BrN4O4S/c1-5-21-40(27-15-11-9-12-16-27)34(44)30-31-35(45)42(23-13-10-14-24-43)33(37(31)25-29(38)32(30)47-37)36(46)41(22-6-2)28-19-17-26(18-20-28)39(7-3)8-4/h5-6,9,11-12,15-20,29-33,43H,1-2,7-8,10,13-14,21-25H2,3-4H3/t29?,30-,31+,32-,33?,37?/m1/s1. The molecule has 3 aliphatic heterocycles. The van der Waals surface area contributed by atoms with Crippen molar-refractivity contribution in [1.29, 1.82) is 0 Å². The number of benzene rings is 2. The first kappa shape index (κ1) is 35.2. The van der Waals surface area contributed by atoms with Crippen LogP contribution >= 0.6 is 27.7 Å². The molecule has 5 rings (SSSR count). The second kappa shape index (κ2) is 15.4. The van der Waals surface area contributed by atoms with Crippen LogP contribution in [0.3, 0.4) is 0 Å². The topological polar surface area (TPSA) is 84.4 Å². The zero-order valence-corrected chi connectivity index (χ0v) is 29.9. The number of aliphatic hydroxyl groups excluding tert-OH is 1. The van der Waals surface area contributed by atoms with Gasteiger partial charge in [0, 0.05) is 66.5 Å². The fraction of sp³-hybridized carbons (Fsp3) is 0.486. The van der Waals surface area contributed by atoms with Crippen molar-refractivity contribution in [3.63, 3.8) is 0 Å². The Morgan fingerprint density at radius 3 is 2.13 bits per heavy atom. The Bertz CT molecular complexity index is 1440. The summed E-state index contributed by atoms with van der Waals surface area (Å²) in [7, 11) is 0. The fourth-order valence-electron chi connectivity index (χ4n) is 7.77. The third kappa shape index (κ3) is 6.53. The highest BCUT2D eigenvalue weighted by Crippen LogP contribution is 2.68. The van der Waals surface area contributed by atoms with Crippen molar-refractivity contribution in [1.82, 2.24) is 4.90 Å². The minimum absolute atomic E-state index is 0.0299. The third-order valence-corrected chi connectivity index (χ3v) is 13.1. The molecule has 3 unspecified atom stereocenters.